The third-order valence-corrected chi connectivity index (χ3v) is 5.13. The van der Waals surface area contributed by atoms with Crippen LogP contribution >= 0.6 is 11.6 Å². The van der Waals surface area contributed by atoms with E-state index >= 15 is 0 Å². The molecular formula is C22H23ClN6O2. The van der Waals surface area contributed by atoms with Crippen LogP contribution in [-0.4, -0.2) is 26.7 Å². The Kier molecular flexibility index (Phi) is 6.08. The van der Waals surface area contributed by atoms with E-state index in [4.69, 9.17) is 16.3 Å². The molecule has 0 aliphatic rings. The predicted octanol–water partition coefficient (Wildman–Crippen LogP) is 3.87. The van der Waals surface area contributed by atoms with Gasteiger partial charge in [-0.1, -0.05) is 42.8 Å². The van der Waals surface area contributed by atoms with E-state index in [1.54, 1.807) is 25.3 Å². The molecule has 0 amide bonds. The molecule has 0 bridgehead atoms. The Hall–Kier alpha value is -3.52. The van der Waals surface area contributed by atoms with Crippen LogP contribution in [0.2, 0.25) is 5.02 Å². The smallest absolute Gasteiger partial charge is 0.274 e. The van der Waals surface area contributed by atoms with Gasteiger partial charge in [0.25, 0.3) is 11.3 Å². The van der Waals surface area contributed by atoms with Crippen molar-refractivity contribution in [2.24, 2.45) is 0 Å². The number of hydrogen-bond acceptors (Lipinski definition) is 6. The van der Waals surface area contributed by atoms with Crippen LogP contribution in [0.1, 0.15) is 23.7 Å². The molecule has 0 saturated heterocycles. The number of nitrogens with zero attached hydrogens (tertiary/aromatic N) is 3. The Morgan fingerprint density at radius 1 is 1.03 bits per heavy atom. The molecule has 0 atom stereocenters. The third kappa shape index (κ3) is 4.80. The van der Waals surface area contributed by atoms with Crippen molar-refractivity contribution in [2.45, 2.75) is 26.4 Å². The summed E-state index contributed by atoms with van der Waals surface area (Å²) in [6.07, 6.45) is 1.01. The maximum Gasteiger partial charge on any atom is 0.274 e. The number of aromatic nitrogens is 4. The van der Waals surface area contributed by atoms with Crippen LogP contribution in [0.15, 0.2) is 53.3 Å². The van der Waals surface area contributed by atoms with Gasteiger partial charge in [0.1, 0.15) is 5.75 Å². The van der Waals surface area contributed by atoms with Gasteiger partial charge in [0, 0.05) is 17.6 Å². The molecule has 4 aromatic rings. The first-order valence-electron chi connectivity index (χ1n) is 9.93. The predicted molar refractivity (Wildman–Crippen MR) is 122 cm³/mol. The minimum absolute atomic E-state index is 0.243. The van der Waals surface area contributed by atoms with E-state index in [1.807, 2.05) is 0 Å². The number of hydrogen-bond donors (Lipinski definition) is 3. The quantitative estimate of drug-likeness (QED) is 0.386. The Bertz CT molecular complexity index is 1250. The molecule has 0 aliphatic carbocycles. The van der Waals surface area contributed by atoms with Crippen molar-refractivity contribution in [1.82, 2.24) is 19.6 Å². The molecule has 2 heterocycles. The largest absolute Gasteiger partial charge is 0.495 e. The maximum absolute atomic E-state index is 12.5. The van der Waals surface area contributed by atoms with Gasteiger partial charge >= 0.3 is 0 Å². The number of ether oxygens (including phenoxy) is 1. The fourth-order valence-corrected chi connectivity index (χ4v) is 3.35. The second-order valence-corrected chi connectivity index (χ2v) is 7.45. The van der Waals surface area contributed by atoms with E-state index in [0.717, 1.165) is 17.7 Å². The minimum Gasteiger partial charge on any atom is -0.495 e. The van der Waals surface area contributed by atoms with E-state index in [-0.39, 0.29) is 5.56 Å². The minimum atomic E-state index is -0.243. The van der Waals surface area contributed by atoms with Crippen molar-refractivity contribution in [1.29, 1.82) is 0 Å². The summed E-state index contributed by atoms with van der Waals surface area (Å²) >= 11 is 6.07. The average Bonchev–Trinajstić information content (AvgIpc) is 3.20. The molecule has 2 aromatic heterocycles. The highest BCUT2D eigenvalue weighted by Gasteiger charge is 2.10. The fraction of sp³-hybridized carbons (Fsp3) is 0.227. The lowest BCUT2D eigenvalue weighted by molar-refractivity contribution is 0.416. The number of anilines is 2. The Morgan fingerprint density at radius 3 is 2.55 bits per heavy atom. The average molecular weight is 439 g/mol. The highest BCUT2D eigenvalue weighted by Crippen LogP contribution is 2.27. The molecule has 4 rings (SSSR count). The molecule has 0 spiro atoms. The summed E-state index contributed by atoms with van der Waals surface area (Å²) in [6, 6.07) is 15.1. The summed E-state index contributed by atoms with van der Waals surface area (Å²) in [7, 11) is 1.58. The normalized spacial score (nSPS) is 10.9. The van der Waals surface area contributed by atoms with E-state index in [2.05, 4.69) is 56.9 Å². The first-order chi connectivity index (χ1) is 15.1. The van der Waals surface area contributed by atoms with Gasteiger partial charge in [-0.05, 0) is 35.7 Å². The number of methoxy groups -OCH3 is 1. The van der Waals surface area contributed by atoms with Gasteiger partial charge in [0.2, 0.25) is 5.95 Å². The molecule has 8 nitrogen and oxygen atoms in total. The lowest BCUT2D eigenvalue weighted by Gasteiger charge is -2.11. The van der Waals surface area contributed by atoms with Crippen LogP contribution in [0, 0.1) is 0 Å². The van der Waals surface area contributed by atoms with E-state index in [1.165, 1.54) is 16.1 Å². The van der Waals surface area contributed by atoms with Gasteiger partial charge in [0.15, 0.2) is 0 Å². The first kappa shape index (κ1) is 20.7. The number of rotatable bonds is 8. The molecular weight excluding hydrogens is 416 g/mol. The van der Waals surface area contributed by atoms with Gasteiger partial charge in [-0.2, -0.15) is 9.50 Å². The molecule has 160 valence electrons. The standard InChI is InChI=1S/C22H23ClN6O2/c1-3-14-4-6-15(7-5-14)12-25-21-27-22-26-17(11-20(30)29(22)28-21)13-24-18-10-16(23)8-9-19(18)31-2/h4-11,24H,3,12-13H2,1-2H3,(H2,25,26,27,28). The zero-order valence-electron chi connectivity index (χ0n) is 17.3. The number of fused-ring (bicyclic) bond motifs is 1. The maximum atomic E-state index is 12.5. The number of H-pyrrole nitrogens is 1. The zero-order valence-corrected chi connectivity index (χ0v) is 18.0. The fourth-order valence-electron chi connectivity index (χ4n) is 3.18. The zero-order chi connectivity index (χ0) is 21.8. The third-order valence-electron chi connectivity index (χ3n) is 4.90. The van der Waals surface area contributed by atoms with Crippen molar-refractivity contribution in [3.8, 4) is 5.75 Å². The van der Waals surface area contributed by atoms with Gasteiger partial charge in [-0.3, -0.25) is 9.89 Å². The van der Waals surface area contributed by atoms with Crippen LogP contribution in [-0.2, 0) is 19.5 Å². The van der Waals surface area contributed by atoms with Crippen molar-refractivity contribution in [3.63, 3.8) is 0 Å². The summed E-state index contributed by atoms with van der Waals surface area (Å²) in [5.41, 5.74) is 3.45. The Morgan fingerprint density at radius 2 is 1.81 bits per heavy atom. The van der Waals surface area contributed by atoms with Gasteiger partial charge in [-0.25, -0.2) is 4.98 Å². The van der Waals surface area contributed by atoms with Gasteiger partial charge < -0.3 is 15.4 Å². The summed E-state index contributed by atoms with van der Waals surface area (Å²) < 4.78 is 6.64. The molecule has 0 aliphatic heterocycles. The molecule has 0 saturated carbocycles. The van der Waals surface area contributed by atoms with Crippen molar-refractivity contribution < 1.29 is 4.74 Å². The van der Waals surface area contributed by atoms with Crippen LogP contribution in [0.5, 0.6) is 5.75 Å². The number of benzene rings is 2. The van der Waals surface area contributed by atoms with Crippen LogP contribution in [0.4, 0.5) is 11.6 Å². The van der Waals surface area contributed by atoms with Crippen molar-refractivity contribution in [2.75, 3.05) is 17.7 Å². The van der Waals surface area contributed by atoms with Crippen molar-refractivity contribution >= 4 is 29.0 Å². The summed E-state index contributed by atoms with van der Waals surface area (Å²) in [5, 5.41) is 9.93. The summed E-state index contributed by atoms with van der Waals surface area (Å²) in [6.45, 7) is 3.03. The molecule has 0 unspecified atom stereocenters. The Labute approximate surface area is 184 Å². The number of aryl methyl sites for hydroxylation is 1. The first-order valence-corrected chi connectivity index (χ1v) is 10.3. The van der Waals surface area contributed by atoms with E-state index < -0.39 is 0 Å². The van der Waals surface area contributed by atoms with Crippen LogP contribution in [0.3, 0.4) is 0 Å². The number of aromatic amines is 1. The van der Waals surface area contributed by atoms with Gasteiger partial charge in [-0.15, -0.1) is 0 Å². The second kappa shape index (κ2) is 9.09. The second-order valence-electron chi connectivity index (χ2n) is 7.02. The van der Waals surface area contributed by atoms with E-state index in [0.29, 0.717) is 41.3 Å². The molecule has 2 aromatic carbocycles. The summed E-state index contributed by atoms with van der Waals surface area (Å²) in [4.78, 5) is 21.4. The monoisotopic (exact) mass is 438 g/mol. The van der Waals surface area contributed by atoms with Gasteiger partial charge in [0.05, 0.1) is 25.0 Å². The Balaban J connectivity index is 1.48. The van der Waals surface area contributed by atoms with E-state index in [9.17, 15) is 4.79 Å². The topological polar surface area (TPSA) is 96.3 Å². The molecule has 0 fully saturated rings. The lowest BCUT2D eigenvalue weighted by Crippen LogP contribution is -2.17. The highest BCUT2D eigenvalue weighted by atomic mass is 35.5. The highest BCUT2D eigenvalue weighted by molar-refractivity contribution is 6.30. The van der Waals surface area contributed by atoms with Crippen molar-refractivity contribution in [3.05, 3.63) is 80.7 Å². The number of halogens is 1. The molecule has 0 radical (unpaired) electrons. The molecule has 9 heteroatoms. The summed E-state index contributed by atoms with van der Waals surface area (Å²) in [5.74, 6) is 1.43. The number of nitrogens with one attached hydrogen (secondary N) is 3. The SMILES string of the molecule is CCc1ccc(CNc2nc3nc(CNc4cc(Cl)ccc4OC)cc(=O)n3[nH]2)cc1. The molecule has 31 heavy (non-hydrogen) atoms. The van der Waals surface area contributed by atoms with Crippen LogP contribution in [0.25, 0.3) is 5.78 Å². The van der Waals surface area contributed by atoms with Crippen LogP contribution < -0.4 is 20.9 Å². The molecule has 3 N–H and O–H groups in total. The lowest BCUT2D eigenvalue weighted by atomic mass is 10.1.